The summed E-state index contributed by atoms with van der Waals surface area (Å²) in [5.41, 5.74) is 1.10. The maximum absolute atomic E-state index is 11.4. The van der Waals surface area contributed by atoms with Gasteiger partial charge in [0.2, 0.25) is 0 Å². The van der Waals surface area contributed by atoms with Crippen LogP contribution >= 0.6 is 11.6 Å². The molecule has 0 aliphatic rings. The van der Waals surface area contributed by atoms with E-state index < -0.39 is 0 Å². The van der Waals surface area contributed by atoms with Crippen molar-refractivity contribution in [2.75, 3.05) is 13.2 Å². The summed E-state index contributed by atoms with van der Waals surface area (Å²) < 4.78 is 5.07. The van der Waals surface area contributed by atoms with Gasteiger partial charge in [0.15, 0.2) is 0 Å². The molecule has 0 spiro atoms. The lowest BCUT2D eigenvalue weighted by Crippen LogP contribution is -2.27. The highest BCUT2D eigenvalue weighted by Gasteiger charge is 2.08. The van der Waals surface area contributed by atoms with Gasteiger partial charge in [0, 0.05) is 11.1 Å². The number of esters is 1. The van der Waals surface area contributed by atoms with Gasteiger partial charge in [0.1, 0.15) is 0 Å². The number of hydrogen-bond acceptors (Lipinski definition) is 3. The minimum atomic E-state index is -0.204. The predicted molar refractivity (Wildman–Crippen MR) is 73.7 cm³/mol. The van der Waals surface area contributed by atoms with E-state index in [1.807, 2.05) is 31.2 Å². The number of carbonyl (C=O) groups is 1. The lowest BCUT2D eigenvalue weighted by molar-refractivity contribution is -0.142. The van der Waals surface area contributed by atoms with Gasteiger partial charge in [-0.2, -0.15) is 0 Å². The van der Waals surface area contributed by atoms with Crippen LogP contribution in [0, 0.1) is 0 Å². The summed E-state index contributed by atoms with van der Waals surface area (Å²) in [6.45, 7) is 4.80. The van der Waals surface area contributed by atoms with Gasteiger partial charge in [-0.15, -0.1) is 0 Å². The van der Waals surface area contributed by atoms with E-state index in [1.165, 1.54) is 0 Å². The molecule has 1 unspecified atom stereocenters. The zero-order chi connectivity index (χ0) is 13.4. The Morgan fingerprint density at radius 1 is 1.39 bits per heavy atom. The van der Waals surface area contributed by atoms with Crippen molar-refractivity contribution < 1.29 is 9.53 Å². The minimum absolute atomic E-state index is 0.0981. The van der Waals surface area contributed by atoms with E-state index in [0.717, 1.165) is 18.4 Å². The quantitative estimate of drug-likeness (QED) is 0.609. The van der Waals surface area contributed by atoms with Gasteiger partial charge in [-0.1, -0.05) is 37.1 Å². The van der Waals surface area contributed by atoms with Gasteiger partial charge in [0.05, 0.1) is 13.2 Å². The first-order valence-electron chi connectivity index (χ1n) is 6.28. The van der Waals surface area contributed by atoms with Gasteiger partial charge < -0.3 is 10.1 Å². The second-order valence-corrected chi connectivity index (χ2v) is 4.66. The first-order valence-corrected chi connectivity index (χ1v) is 6.65. The molecule has 0 aromatic heterocycles. The summed E-state index contributed by atoms with van der Waals surface area (Å²) in [5.74, 6) is -0.204. The Morgan fingerprint density at radius 3 is 2.67 bits per heavy atom. The van der Waals surface area contributed by atoms with E-state index >= 15 is 0 Å². The molecule has 0 amide bonds. The van der Waals surface area contributed by atoms with Crippen LogP contribution < -0.4 is 5.32 Å². The van der Waals surface area contributed by atoms with Gasteiger partial charge in [-0.3, -0.25) is 4.79 Å². The molecular formula is C14H20ClNO2. The normalized spacial score (nSPS) is 12.2. The van der Waals surface area contributed by atoms with Crippen LogP contribution in [0.2, 0.25) is 5.02 Å². The van der Waals surface area contributed by atoms with Crippen molar-refractivity contribution in [2.24, 2.45) is 0 Å². The second kappa shape index (κ2) is 8.11. The topological polar surface area (TPSA) is 38.3 Å². The van der Waals surface area contributed by atoms with Crippen molar-refractivity contribution in [1.29, 1.82) is 0 Å². The lowest BCUT2D eigenvalue weighted by Gasteiger charge is -2.13. The zero-order valence-electron chi connectivity index (χ0n) is 10.9. The van der Waals surface area contributed by atoms with Crippen LogP contribution in [0.3, 0.4) is 0 Å². The van der Waals surface area contributed by atoms with E-state index in [-0.39, 0.29) is 18.6 Å². The molecule has 0 bridgehead atoms. The lowest BCUT2D eigenvalue weighted by atomic mass is 10.1. The third-order valence-electron chi connectivity index (χ3n) is 2.68. The van der Waals surface area contributed by atoms with Crippen molar-refractivity contribution >= 4 is 17.6 Å². The molecular weight excluding hydrogens is 250 g/mol. The Balaban J connectivity index is 2.30. The average Bonchev–Trinajstić information content (AvgIpc) is 2.37. The zero-order valence-corrected chi connectivity index (χ0v) is 11.7. The van der Waals surface area contributed by atoms with Crippen molar-refractivity contribution in [2.45, 2.75) is 32.7 Å². The van der Waals surface area contributed by atoms with Gasteiger partial charge in [-0.05, 0) is 31.0 Å². The van der Waals surface area contributed by atoms with Crippen LogP contribution in [-0.2, 0) is 9.53 Å². The molecule has 0 saturated heterocycles. The number of carbonyl (C=O) groups excluding carboxylic acids is 1. The summed E-state index contributed by atoms with van der Waals surface area (Å²) in [6.07, 6.45) is 1.94. The fraction of sp³-hybridized carbons (Fsp3) is 0.500. The Morgan fingerprint density at radius 2 is 2.06 bits per heavy atom. The molecule has 1 N–H and O–H groups in total. The highest BCUT2D eigenvalue weighted by molar-refractivity contribution is 6.30. The number of rotatable bonds is 7. The Bertz CT molecular complexity index is 365. The summed E-state index contributed by atoms with van der Waals surface area (Å²) in [5, 5.41) is 3.84. The van der Waals surface area contributed by atoms with Crippen LogP contribution in [0.5, 0.6) is 0 Å². The number of unbranched alkanes of at least 4 members (excludes halogenated alkanes) is 1. The highest BCUT2D eigenvalue weighted by Crippen LogP contribution is 2.15. The molecule has 1 rings (SSSR count). The highest BCUT2D eigenvalue weighted by atomic mass is 35.5. The Hall–Kier alpha value is -1.06. The molecule has 18 heavy (non-hydrogen) atoms. The molecule has 4 heteroatoms. The average molecular weight is 270 g/mol. The maximum Gasteiger partial charge on any atom is 0.319 e. The smallest absolute Gasteiger partial charge is 0.319 e. The third kappa shape index (κ3) is 5.52. The Kier molecular flexibility index (Phi) is 6.76. The molecule has 1 aromatic carbocycles. The summed E-state index contributed by atoms with van der Waals surface area (Å²) in [7, 11) is 0. The van der Waals surface area contributed by atoms with Crippen molar-refractivity contribution in [1.82, 2.24) is 5.32 Å². The Labute approximate surface area is 113 Å². The van der Waals surface area contributed by atoms with Gasteiger partial charge in [-0.25, -0.2) is 0 Å². The third-order valence-corrected chi connectivity index (χ3v) is 2.94. The first kappa shape index (κ1) is 15.0. The number of benzene rings is 1. The molecule has 1 atom stereocenters. The molecule has 0 radical (unpaired) electrons. The van der Waals surface area contributed by atoms with Crippen LogP contribution in [0.4, 0.5) is 0 Å². The van der Waals surface area contributed by atoms with E-state index in [2.05, 4.69) is 12.2 Å². The van der Waals surface area contributed by atoms with Crippen molar-refractivity contribution in [3.63, 3.8) is 0 Å². The fourth-order valence-electron chi connectivity index (χ4n) is 1.49. The van der Waals surface area contributed by atoms with E-state index in [4.69, 9.17) is 16.3 Å². The summed E-state index contributed by atoms with van der Waals surface area (Å²) in [4.78, 5) is 11.4. The predicted octanol–water partition coefficient (Wildman–Crippen LogP) is 3.33. The van der Waals surface area contributed by atoms with E-state index in [9.17, 15) is 4.79 Å². The maximum atomic E-state index is 11.4. The van der Waals surface area contributed by atoms with Gasteiger partial charge in [0.25, 0.3) is 0 Å². The summed E-state index contributed by atoms with van der Waals surface area (Å²) >= 11 is 5.82. The first-order chi connectivity index (χ1) is 8.63. The van der Waals surface area contributed by atoms with Crippen LogP contribution in [-0.4, -0.2) is 19.1 Å². The SMILES string of the molecule is CCCCOC(=O)CNC(C)c1ccc(Cl)cc1. The molecule has 3 nitrogen and oxygen atoms in total. The standard InChI is InChI=1S/C14H20ClNO2/c1-3-4-9-18-14(17)10-16-11(2)12-5-7-13(15)8-6-12/h5-8,11,16H,3-4,9-10H2,1-2H3. The van der Waals surface area contributed by atoms with Crippen LogP contribution in [0.15, 0.2) is 24.3 Å². The monoisotopic (exact) mass is 269 g/mol. The van der Waals surface area contributed by atoms with Crippen molar-refractivity contribution in [3.8, 4) is 0 Å². The largest absolute Gasteiger partial charge is 0.465 e. The van der Waals surface area contributed by atoms with Crippen LogP contribution in [0.25, 0.3) is 0 Å². The number of halogens is 1. The minimum Gasteiger partial charge on any atom is -0.465 e. The van der Waals surface area contributed by atoms with Crippen LogP contribution in [0.1, 0.15) is 38.3 Å². The number of ether oxygens (including phenoxy) is 1. The molecule has 0 heterocycles. The molecule has 0 aliphatic heterocycles. The molecule has 0 saturated carbocycles. The van der Waals surface area contributed by atoms with Gasteiger partial charge >= 0.3 is 5.97 Å². The van der Waals surface area contributed by atoms with E-state index in [1.54, 1.807) is 0 Å². The van der Waals surface area contributed by atoms with Crippen molar-refractivity contribution in [3.05, 3.63) is 34.9 Å². The molecule has 100 valence electrons. The number of nitrogens with one attached hydrogen (secondary N) is 1. The fourth-order valence-corrected chi connectivity index (χ4v) is 1.61. The van der Waals surface area contributed by atoms with E-state index in [0.29, 0.717) is 11.6 Å². The summed E-state index contributed by atoms with van der Waals surface area (Å²) in [6, 6.07) is 7.68. The number of hydrogen-bond donors (Lipinski definition) is 1. The second-order valence-electron chi connectivity index (χ2n) is 4.23. The molecule has 0 aliphatic carbocycles. The molecule has 1 aromatic rings. The molecule has 0 fully saturated rings.